The summed E-state index contributed by atoms with van der Waals surface area (Å²) in [4.78, 5) is 7.74. The van der Waals surface area contributed by atoms with Gasteiger partial charge in [-0.25, -0.2) is 4.98 Å². The van der Waals surface area contributed by atoms with E-state index in [1.807, 2.05) is 12.1 Å². The van der Waals surface area contributed by atoms with Crippen molar-refractivity contribution >= 4 is 17.5 Å². The molecule has 1 aliphatic rings. The smallest absolute Gasteiger partial charge is 0.367 e. The lowest BCUT2D eigenvalue weighted by Gasteiger charge is -2.14. The highest BCUT2D eigenvalue weighted by Gasteiger charge is 2.36. The second-order valence-corrected chi connectivity index (χ2v) is 5.40. The molecule has 0 unspecified atom stereocenters. The normalized spacial score (nSPS) is 14.6. The fourth-order valence-corrected chi connectivity index (χ4v) is 2.03. The summed E-state index contributed by atoms with van der Waals surface area (Å²) in [6.07, 6.45) is -1.98. The summed E-state index contributed by atoms with van der Waals surface area (Å²) in [5.74, 6) is -0.0715. The van der Waals surface area contributed by atoms with Crippen LogP contribution in [0.1, 0.15) is 24.0 Å². The molecule has 1 saturated carbocycles. The maximum Gasteiger partial charge on any atom is 0.421 e. The fourth-order valence-electron chi connectivity index (χ4n) is 2.03. The zero-order valence-corrected chi connectivity index (χ0v) is 12.2. The van der Waals surface area contributed by atoms with Gasteiger partial charge in [0.05, 0.1) is 0 Å². The molecule has 3 rings (SSSR count). The molecule has 23 heavy (non-hydrogen) atoms. The van der Waals surface area contributed by atoms with Crippen molar-refractivity contribution in [2.24, 2.45) is 5.73 Å². The van der Waals surface area contributed by atoms with E-state index in [1.165, 1.54) is 0 Å². The number of nitrogens with zero attached hydrogens (tertiary/aromatic N) is 2. The van der Waals surface area contributed by atoms with Gasteiger partial charge >= 0.3 is 6.18 Å². The molecular formula is C15H16F3N5. The Morgan fingerprint density at radius 1 is 1.17 bits per heavy atom. The molecule has 1 heterocycles. The lowest BCUT2D eigenvalue weighted by atomic mass is 10.2. The van der Waals surface area contributed by atoms with Gasteiger partial charge in [-0.15, -0.1) is 0 Å². The van der Waals surface area contributed by atoms with Gasteiger partial charge in [-0.1, -0.05) is 12.1 Å². The maximum absolute atomic E-state index is 13.0. The summed E-state index contributed by atoms with van der Waals surface area (Å²) in [5.41, 5.74) is 6.31. The van der Waals surface area contributed by atoms with Crippen LogP contribution in [0.25, 0.3) is 0 Å². The fraction of sp³-hybridized carbons (Fsp3) is 0.333. The molecule has 2 aromatic rings. The average Bonchev–Trinajstić information content (AvgIpc) is 3.31. The third-order valence-corrected chi connectivity index (χ3v) is 3.46. The minimum Gasteiger partial charge on any atom is -0.367 e. The van der Waals surface area contributed by atoms with Gasteiger partial charge in [-0.05, 0) is 30.5 Å². The van der Waals surface area contributed by atoms with E-state index >= 15 is 0 Å². The summed E-state index contributed by atoms with van der Waals surface area (Å²) >= 11 is 0. The Kier molecular flexibility index (Phi) is 4.08. The quantitative estimate of drug-likeness (QED) is 0.787. The first-order valence-corrected chi connectivity index (χ1v) is 7.22. The van der Waals surface area contributed by atoms with Crippen molar-refractivity contribution in [1.29, 1.82) is 0 Å². The predicted molar refractivity (Wildman–Crippen MR) is 81.3 cm³/mol. The molecule has 0 aliphatic heterocycles. The minimum atomic E-state index is -4.49. The summed E-state index contributed by atoms with van der Waals surface area (Å²) in [7, 11) is 0. The van der Waals surface area contributed by atoms with Crippen molar-refractivity contribution in [3.63, 3.8) is 0 Å². The van der Waals surface area contributed by atoms with Crippen LogP contribution >= 0.6 is 0 Å². The number of alkyl halides is 3. The third-order valence-electron chi connectivity index (χ3n) is 3.46. The first-order valence-electron chi connectivity index (χ1n) is 7.22. The molecule has 0 atom stereocenters. The Hall–Kier alpha value is -2.35. The molecule has 0 spiro atoms. The number of hydrogen-bond acceptors (Lipinski definition) is 5. The van der Waals surface area contributed by atoms with Gasteiger partial charge in [-0.2, -0.15) is 18.2 Å². The highest BCUT2D eigenvalue weighted by Crippen LogP contribution is 2.36. The second-order valence-electron chi connectivity index (χ2n) is 5.40. The Morgan fingerprint density at radius 3 is 2.43 bits per heavy atom. The topological polar surface area (TPSA) is 75.9 Å². The van der Waals surface area contributed by atoms with Gasteiger partial charge in [0.1, 0.15) is 11.4 Å². The molecule has 4 N–H and O–H groups in total. The standard InChI is InChI=1S/C15H16F3N5/c16-15(17,18)12-8-20-14(23-13(12)21-10-5-6-10)22-11-3-1-9(7-19)2-4-11/h1-4,8,10H,5-7,19H2,(H2,20,21,22,23). The van der Waals surface area contributed by atoms with Gasteiger partial charge in [0, 0.05) is 24.5 Å². The maximum atomic E-state index is 13.0. The van der Waals surface area contributed by atoms with E-state index in [2.05, 4.69) is 20.6 Å². The van der Waals surface area contributed by atoms with Crippen LogP contribution in [0.5, 0.6) is 0 Å². The largest absolute Gasteiger partial charge is 0.421 e. The van der Waals surface area contributed by atoms with Crippen LogP contribution in [0.4, 0.5) is 30.6 Å². The van der Waals surface area contributed by atoms with Gasteiger partial charge in [-0.3, -0.25) is 0 Å². The molecule has 0 saturated heterocycles. The van der Waals surface area contributed by atoms with Gasteiger partial charge < -0.3 is 16.4 Å². The number of nitrogens with one attached hydrogen (secondary N) is 2. The Morgan fingerprint density at radius 2 is 1.87 bits per heavy atom. The van der Waals surface area contributed by atoms with Gasteiger partial charge in [0.2, 0.25) is 5.95 Å². The summed E-state index contributed by atoms with van der Waals surface area (Å²) in [6.45, 7) is 0.423. The SMILES string of the molecule is NCc1ccc(Nc2ncc(C(F)(F)F)c(NC3CC3)n2)cc1. The predicted octanol–water partition coefficient (Wildman–Crippen LogP) is 3.27. The number of anilines is 3. The lowest BCUT2D eigenvalue weighted by molar-refractivity contribution is -0.137. The van der Waals surface area contributed by atoms with Crippen LogP contribution in [0.15, 0.2) is 30.5 Å². The van der Waals surface area contributed by atoms with Crippen LogP contribution in [0.2, 0.25) is 0 Å². The minimum absolute atomic E-state index is 0.0580. The van der Waals surface area contributed by atoms with Crippen LogP contribution in [0.3, 0.4) is 0 Å². The Balaban J connectivity index is 1.84. The zero-order valence-electron chi connectivity index (χ0n) is 12.2. The van der Waals surface area contributed by atoms with E-state index < -0.39 is 11.7 Å². The van der Waals surface area contributed by atoms with E-state index in [9.17, 15) is 13.2 Å². The van der Waals surface area contributed by atoms with Crippen molar-refractivity contribution < 1.29 is 13.2 Å². The third kappa shape index (κ3) is 3.89. The van der Waals surface area contributed by atoms with Gasteiger partial charge in [0.25, 0.3) is 0 Å². The molecule has 0 radical (unpaired) electrons. The average molecular weight is 323 g/mol. The molecular weight excluding hydrogens is 307 g/mol. The number of hydrogen-bond donors (Lipinski definition) is 3. The van der Waals surface area contributed by atoms with Crippen molar-refractivity contribution in [2.45, 2.75) is 31.6 Å². The van der Waals surface area contributed by atoms with E-state index in [-0.39, 0.29) is 17.8 Å². The summed E-state index contributed by atoms with van der Waals surface area (Å²) < 4.78 is 39.0. The van der Waals surface area contributed by atoms with E-state index in [0.717, 1.165) is 24.6 Å². The van der Waals surface area contributed by atoms with Crippen molar-refractivity contribution in [3.8, 4) is 0 Å². The lowest BCUT2D eigenvalue weighted by Crippen LogP contribution is -2.15. The first kappa shape index (κ1) is 15.5. The number of aromatic nitrogens is 2. The Labute approximate surface area is 131 Å². The molecule has 5 nitrogen and oxygen atoms in total. The first-order chi connectivity index (χ1) is 11.0. The molecule has 122 valence electrons. The van der Waals surface area contributed by atoms with Crippen molar-refractivity contribution in [2.75, 3.05) is 10.6 Å². The van der Waals surface area contributed by atoms with Gasteiger partial charge in [0.15, 0.2) is 0 Å². The van der Waals surface area contributed by atoms with E-state index in [0.29, 0.717) is 12.2 Å². The number of benzene rings is 1. The number of halogens is 3. The number of rotatable bonds is 5. The summed E-state index contributed by atoms with van der Waals surface area (Å²) in [5, 5.41) is 5.71. The molecule has 1 aromatic heterocycles. The number of nitrogens with two attached hydrogens (primary N) is 1. The molecule has 1 fully saturated rings. The van der Waals surface area contributed by atoms with Crippen LogP contribution in [-0.2, 0) is 12.7 Å². The molecule has 1 aromatic carbocycles. The van der Waals surface area contributed by atoms with Crippen LogP contribution in [-0.4, -0.2) is 16.0 Å². The molecule has 0 bridgehead atoms. The monoisotopic (exact) mass is 323 g/mol. The molecule has 8 heteroatoms. The van der Waals surface area contributed by atoms with Crippen molar-refractivity contribution in [1.82, 2.24) is 9.97 Å². The van der Waals surface area contributed by atoms with E-state index in [4.69, 9.17) is 5.73 Å². The van der Waals surface area contributed by atoms with Crippen LogP contribution < -0.4 is 16.4 Å². The highest BCUT2D eigenvalue weighted by molar-refractivity contribution is 5.57. The second kappa shape index (κ2) is 6.04. The van der Waals surface area contributed by atoms with E-state index in [1.54, 1.807) is 12.1 Å². The zero-order chi connectivity index (χ0) is 16.4. The summed E-state index contributed by atoms with van der Waals surface area (Å²) in [6, 6.07) is 7.27. The molecule has 1 aliphatic carbocycles. The van der Waals surface area contributed by atoms with Crippen LogP contribution in [0, 0.1) is 0 Å². The molecule has 0 amide bonds. The highest BCUT2D eigenvalue weighted by atomic mass is 19.4. The Bertz CT molecular complexity index is 681. The van der Waals surface area contributed by atoms with Crippen molar-refractivity contribution in [3.05, 3.63) is 41.6 Å².